The molecule has 1 aromatic carbocycles. The van der Waals surface area contributed by atoms with E-state index in [0.717, 1.165) is 42.9 Å². The summed E-state index contributed by atoms with van der Waals surface area (Å²) >= 11 is 0. The standard InChI is InChI=1S/C54H85N3O15/c1-11-43(60)69-42-29-45(62)68-39(21-15-13-14-19-36-28-37-20-16-17-23-40(37)55-31-36)22-18-25-57(9)32-41(59)33(3)27-38(24-26-58)50(51(42)65-10)72-53-48(63)47(56(7)8)49(34(4)67-53)71-46-30-54(6,64)52(35(5)66-46)70-44(61)12-2/h16-17,20,23,26,28,31,33-35,38-39,41-42,46-53,59,63-64H,11-15,18-19,21-22,24-25,27,29-30,32H2,1-10H3/t33-,34?,35?,38+,39+,41+,42-,46+,47?,48?,49+,50+,51+,52+,53+,54?/m1/s1. The first-order valence-corrected chi connectivity index (χ1v) is 26.2. The number of esters is 3. The van der Waals surface area contributed by atoms with Crippen LogP contribution in [0.5, 0.6) is 0 Å². The number of nitrogens with zero attached hydrogens (tertiary/aromatic N) is 3. The zero-order valence-corrected chi connectivity index (χ0v) is 44.4. The molecule has 0 bridgehead atoms. The molecule has 3 saturated heterocycles. The number of β-amino-alcohol motifs (C(OH)–C–C–N with tert-alkyl or cyclic N) is 1. The maximum Gasteiger partial charge on any atom is 0.309 e. The number of hydrogen-bond donors (Lipinski definition) is 3. The van der Waals surface area contributed by atoms with Gasteiger partial charge in [0.15, 0.2) is 18.7 Å². The van der Waals surface area contributed by atoms with Crippen molar-refractivity contribution in [3.05, 3.63) is 42.1 Å². The number of cyclic esters (lactones) is 1. The molecule has 4 heterocycles. The summed E-state index contributed by atoms with van der Waals surface area (Å²) in [5.74, 6) is -2.71. The zero-order valence-electron chi connectivity index (χ0n) is 44.4. The van der Waals surface area contributed by atoms with Crippen molar-refractivity contribution in [2.24, 2.45) is 11.8 Å². The Balaban J connectivity index is 1.38. The maximum atomic E-state index is 14.2. The molecule has 0 spiro atoms. The van der Waals surface area contributed by atoms with Crippen molar-refractivity contribution >= 4 is 35.1 Å². The predicted octanol–water partition coefficient (Wildman–Crippen LogP) is 5.31. The van der Waals surface area contributed by atoms with E-state index in [4.69, 9.17) is 37.9 Å². The molecule has 3 aliphatic rings. The number of pyridine rings is 1. The van der Waals surface area contributed by atoms with Crippen molar-refractivity contribution in [2.45, 2.75) is 210 Å². The van der Waals surface area contributed by atoms with Gasteiger partial charge in [-0.2, -0.15) is 0 Å². The molecule has 18 heteroatoms. The number of ether oxygens (including phenoxy) is 8. The number of carbonyl (C=O) groups excluding carboxylic acids is 4. The molecule has 0 aliphatic carbocycles. The lowest BCUT2D eigenvalue weighted by atomic mass is 9.82. The molecule has 5 rings (SSSR count). The fourth-order valence-electron chi connectivity index (χ4n) is 10.6. The maximum absolute atomic E-state index is 14.2. The van der Waals surface area contributed by atoms with Crippen LogP contribution in [0.3, 0.4) is 0 Å². The molecule has 16 atom stereocenters. The van der Waals surface area contributed by atoms with Crippen molar-refractivity contribution in [3.8, 4) is 0 Å². The van der Waals surface area contributed by atoms with Gasteiger partial charge in [0, 0.05) is 50.9 Å². The Hall–Kier alpha value is -3.69. The summed E-state index contributed by atoms with van der Waals surface area (Å²) in [6.45, 7) is 11.2. The van der Waals surface area contributed by atoms with Gasteiger partial charge >= 0.3 is 17.9 Å². The molecule has 0 amide bonds. The van der Waals surface area contributed by atoms with Crippen LogP contribution in [0.2, 0.25) is 0 Å². The number of fused-ring (bicyclic) bond motifs is 1. The van der Waals surface area contributed by atoms with E-state index in [2.05, 4.69) is 22.0 Å². The number of aliphatic hydroxyl groups excluding tert-OH is 2. The van der Waals surface area contributed by atoms with Crippen LogP contribution in [-0.2, 0) is 63.5 Å². The summed E-state index contributed by atoms with van der Waals surface area (Å²) in [7, 11) is 6.88. The summed E-state index contributed by atoms with van der Waals surface area (Å²) in [6.07, 6.45) is -3.82. The second-order valence-corrected chi connectivity index (χ2v) is 20.8. The number of aliphatic hydroxyl groups is 3. The van der Waals surface area contributed by atoms with Crippen LogP contribution < -0.4 is 0 Å². The lowest BCUT2D eigenvalue weighted by Gasteiger charge is -2.50. The number of likely N-dealkylation sites (N-methyl/N-ethyl adjacent to an activating group) is 2. The van der Waals surface area contributed by atoms with E-state index >= 15 is 0 Å². The molecule has 0 radical (unpaired) electrons. The summed E-state index contributed by atoms with van der Waals surface area (Å²) in [5, 5.41) is 36.5. The number of rotatable bonds is 18. The third-order valence-corrected chi connectivity index (χ3v) is 14.6. The average Bonchev–Trinajstić information content (AvgIpc) is 3.32. The zero-order chi connectivity index (χ0) is 52.7. The van der Waals surface area contributed by atoms with E-state index in [0.29, 0.717) is 32.4 Å². The van der Waals surface area contributed by atoms with E-state index < -0.39 is 109 Å². The largest absolute Gasteiger partial charge is 0.462 e. The van der Waals surface area contributed by atoms with Crippen molar-refractivity contribution in [1.82, 2.24) is 14.8 Å². The number of aryl methyl sites for hydroxylation is 1. The van der Waals surface area contributed by atoms with E-state index in [-0.39, 0.29) is 44.4 Å². The number of para-hydroxylation sites is 1. The van der Waals surface area contributed by atoms with Gasteiger partial charge in [0.25, 0.3) is 0 Å². The monoisotopic (exact) mass is 1020 g/mol. The van der Waals surface area contributed by atoms with Gasteiger partial charge in [0.1, 0.15) is 42.4 Å². The smallest absolute Gasteiger partial charge is 0.309 e. The van der Waals surface area contributed by atoms with Gasteiger partial charge in [-0.05, 0) is 123 Å². The highest BCUT2D eigenvalue weighted by molar-refractivity contribution is 5.78. The van der Waals surface area contributed by atoms with Crippen LogP contribution in [0.25, 0.3) is 10.9 Å². The normalized spacial score (nSPS) is 34.9. The predicted molar refractivity (Wildman–Crippen MR) is 267 cm³/mol. The molecule has 72 heavy (non-hydrogen) atoms. The Bertz CT molecular complexity index is 2010. The van der Waals surface area contributed by atoms with Crippen molar-refractivity contribution in [3.63, 3.8) is 0 Å². The van der Waals surface area contributed by atoms with Crippen molar-refractivity contribution in [2.75, 3.05) is 41.3 Å². The Kier molecular flexibility index (Phi) is 23.2. The molecule has 0 saturated carbocycles. The van der Waals surface area contributed by atoms with E-state index in [1.807, 2.05) is 38.4 Å². The van der Waals surface area contributed by atoms with Gasteiger partial charge in [0.05, 0.1) is 42.4 Å². The highest BCUT2D eigenvalue weighted by atomic mass is 16.7. The van der Waals surface area contributed by atoms with E-state index in [1.165, 1.54) is 12.7 Å². The number of aromatic nitrogens is 1. The number of unbranched alkanes of at least 4 members (excludes halogenated alkanes) is 2. The summed E-state index contributed by atoms with van der Waals surface area (Å²) in [5.41, 5.74) is 0.628. The van der Waals surface area contributed by atoms with Gasteiger partial charge in [-0.25, -0.2) is 0 Å². The Morgan fingerprint density at radius 1 is 0.972 bits per heavy atom. The van der Waals surface area contributed by atoms with Gasteiger partial charge in [-0.15, -0.1) is 0 Å². The van der Waals surface area contributed by atoms with Crippen molar-refractivity contribution in [1.29, 1.82) is 0 Å². The minimum absolute atomic E-state index is 0.00274. The molecule has 2 aromatic rings. The molecule has 406 valence electrons. The summed E-state index contributed by atoms with van der Waals surface area (Å²) in [6, 6.07) is 9.43. The number of hydrogen-bond acceptors (Lipinski definition) is 18. The first-order valence-electron chi connectivity index (χ1n) is 26.2. The summed E-state index contributed by atoms with van der Waals surface area (Å²) in [4.78, 5) is 60.6. The third-order valence-electron chi connectivity index (χ3n) is 14.6. The number of aldehydes is 1. The highest BCUT2D eigenvalue weighted by Gasteiger charge is 2.53. The molecule has 18 nitrogen and oxygen atoms in total. The number of methoxy groups -OCH3 is 1. The Labute approximate surface area is 426 Å². The molecule has 3 N–H and O–H groups in total. The fourth-order valence-corrected chi connectivity index (χ4v) is 10.6. The molecule has 5 unspecified atom stereocenters. The van der Waals surface area contributed by atoms with Crippen LogP contribution in [-0.4, -0.2) is 181 Å². The van der Waals surface area contributed by atoms with E-state index in [9.17, 15) is 34.5 Å². The topological polar surface area (TPSA) is 222 Å². The van der Waals surface area contributed by atoms with Gasteiger partial charge in [-0.3, -0.25) is 19.4 Å². The lowest BCUT2D eigenvalue weighted by Crippen LogP contribution is -2.66. The minimum Gasteiger partial charge on any atom is -0.462 e. The van der Waals surface area contributed by atoms with E-state index in [1.54, 1.807) is 53.6 Å². The molecule has 3 fully saturated rings. The second-order valence-electron chi connectivity index (χ2n) is 20.8. The number of carbonyl (C=O) groups is 4. The molecular formula is C54H85N3O15. The van der Waals surface area contributed by atoms with Gasteiger partial charge in [-0.1, -0.05) is 45.4 Å². The quantitative estimate of drug-likeness (QED) is 0.0745. The number of benzene rings is 1. The van der Waals surface area contributed by atoms with Gasteiger partial charge < -0.3 is 67.8 Å². The first-order chi connectivity index (χ1) is 34.3. The fraction of sp³-hybridized carbons (Fsp3) is 0.759. The lowest BCUT2D eigenvalue weighted by molar-refractivity contribution is -0.344. The highest BCUT2D eigenvalue weighted by Crippen LogP contribution is 2.38. The minimum atomic E-state index is -1.50. The van der Waals surface area contributed by atoms with Crippen LogP contribution in [0, 0.1) is 11.8 Å². The van der Waals surface area contributed by atoms with Crippen molar-refractivity contribution < 1.29 is 72.4 Å². The molecular weight excluding hydrogens is 931 g/mol. The summed E-state index contributed by atoms with van der Waals surface area (Å²) < 4.78 is 50.0. The second kappa shape index (κ2) is 28.3. The van der Waals surface area contributed by atoms with Crippen LogP contribution >= 0.6 is 0 Å². The third kappa shape index (κ3) is 16.7. The Morgan fingerprint density at radius 2 is 1.69 bits per heavy atom. The van der Waals surface area contributed by atoms with Gasteiger partial charge in [0.2, 0.25) is 0 Å². The van der Waals surface area contributed by atoms with Crippen LogP contribution in [0.1, 0.15) is 124 Å². The molecule has 3 aliphatic heterocycles. The Morgan fingerprint density at radius 3 is 2.38 bits per heavy atom. The van der Waals surface area contributed by atoms with Crippen LogP contribution in [0.15, 0.2) is 36.5 Å². The van der Waals surface area contributed by atoms with Crippen LogP contribution in [0.4, 0.5) is 0 Å². The SMILES string of the molecule is CCC(=O)O[C@@H]1CC(=O)O[C@@H](CCCCCc2cnc3ccccc3c2)CCCN(C)C[C@H](O)[C@H](C)C[C@H](CC=O)[C@H](O[C@@H]2OC(C)[C@H](O[C@H]3CC(C)(O)[C@@H](OC(=O)CC)C(C)O3)C(N(C)C)C2O)[C@H]1OC. The average molecular weight is 1020 g/mol. The molecule has 1 aromatic heterocycles. The first kappa shape index (κ1) is 59.2.